The minimum absolute atomic E-state index is 0.0622. The second-order valence-corrected chi connectivity index (χ2v) is 6.26. The monoisotopic (exact) mass is 333 g/mol. The maximum Gasteiger partial charge on any atom is 0.325 e. The van der Waals surface area contributed by atoms with Crippen molar-refractivity contribution in [3.63, 3.8) is 0 Å². The van der Waals surface area contributed by atoms with Crippen LogP contribution in [0.2, 0.25) is 0 Å². The van der Waals surface area contributed by atoms with Gasteiger partial charge >= 0.3 is 12.0 Å². The van der Waals surface area contributed by atoms with Crippen LogP contribution in [-0.2, 0) is 11.2 Å². The summed E-state index contributed by atoms with van der Waals surface area (Å²) >= 11 is 1.38. The van der Waals surface area contributed by atoms with Gasteiger partial charge in [-0.1, -0.05) is 26.0 Å². The van der Waals surface area contributed by atoms with Crippen LogP contribution in [0.1, 0.15) is 37.4 Å². The molecule has 0 saturated carbocycles. The number of aryl methyl sites for hydroxylation is 1. The number of rotatable bonds is 6. The molecule has 2 rings (SSSR count). The van der Waals surface area contributed by atoms with Crippen molar-refractivity contribution in [1.82, 2.24) is 4.98 Å². The third kappa shape index (κ3) is 5.37. The van der Waals surface area contributed by atoms with Crippen molar-refractivity contribution in [1.29, 1.82) is 0 Å². The molecule has 6 nitrogen and oxygen atoms in total. The topological polar surface area (TPSA) is 91.3 Å². The van der Waals surface area contributed by atoms with Gasteiger partial charge in [0.05, 0.1) is 5.69 Å². The van der Waals surface area contributed by atoms with Crippen LogP contribution < -0.4 is 10.6 Å². The summed E-state index contributed by atoms with van der Waals surface area (Å²) in [6, 6.07) is 6.77. The molecule has 0 atom stereocenters. The summed E-state index contributed by atoms with van der Waals surface area (Å²) in [5.41, 5.74) is 2.42. The highest BCUT2D eigenvalue weighted by atomic mass is 32.1. The predicted molar refractivity (Wildman–Crippen MR) is 91.2 cm³/mol. The Morgan fingerprint density at radius 1 is 1.30 bits per heavy atom. The van der Waals surface area contributed by atoms with E-state index in [1.165, 1.54) is 11.3 Å². The Hall–Kier alpha value is -2.41. The average Bonchev–Trinajstić information content (AvgIpc) is 2.94. The molecule has 0 unspecified atom stereocenters. The lowest BCUT2D eigenvalue weighted by Gasteiger charge is -2.07. The standard InChI is InChI=1S/C16H19N3O3S/c1-10(2)13-9-23-16(18-13)19-15(22)17-12-5-3-4-11(8-12)6-7-14(20)21/h3-5,8-10H,6-7H2,1-2H3,(H,20,21)(H2,17,18,19,22). The molecule has 3 N–H and O–H groups in total. The summed E-state index contributed by atoms with van der Waals surface area (Å²) in [5, 5.41) is 16.6. The van der Waals surface area contributed by atoms with Gasteiger partial charge in [0.1, 0.15) is 0 Å². The molecule has 0 saturated heterocycles. The first-order valence-electron chi connectivity index (χ1n) is 7.28. The first-order valence-corrected chi connectivity index (χ1v) is 8.16. The molecule has 2 amide bonds. The van der Waals surface area contributed by atoms with Crippen molar-refractivity contribution in [3.8, 4) is 0 Å². The number of nitrogens with one attached hydrogen (secondary N) is 2. The number of carbonyl (C=O) groups is 2. The lowest BCUT2D eigenvalue weighted by molar-refractivity contribution is -0.136. The third-order valence-electron chi connectivity index (χ3n) is 3.15. The number of carboxylic acids is 1. The number of nitrogens with zero attached hydrogens (tertiary/aromatic N) is 1. The Morgan fingerprint density at radius 3 is 2.74 bits per heavy atom. The van der Waals surface area contributed by atoms with Gasteiger partial charge in [0.2, 0.25) is 0 Å². The number of carboxylic acid groups (broad SMARTS) is 1. The summed E-state index contributed by atoms with van der Waals surface area (Å²) in [4.78, 5) is 26.9. The van der Waals surface area contributed by atoms with Crippen LogP contribution in [0, 0.1) is 0 Å². The van der Waals surface area contributed by atoms with Crippen LogP contribution in [0.25, 0.3) is 0 Å². The molecule has 0 fully saturated rings. The second kappa shape index (κ2) is 7.73. The van der Waals surface area contributed by atoms with E-state index in [-0.39, 0.29) is 12.5 Å². The number of anilines is 2. The number of amides is 2. The summed E-state index contributed by atoms with van der Waals surface area (Å²) in [6.45, 7) is 4.09. The number of urea groups is 1. The number of aliphatic carboxylic acids is 1. The summed E-state index contributed by atoms with van der Waals surface area (Å²) in [7, 11) is 0. The van der Waals surface area contributed by atoms with E-state index in [2.05, 4.69) is 15.6 Å². The first-order chi connectivity index (χ1) is 10.9. The Balaban J connectivity index is 1.94. The van der Waals surface area contributed by atoms with Crippen LogP contribution in [0.3, 0.4) is 0 Å². The fraction of sp³-hybridized carbons (Fsp3) is 0.312. The van der Waals surface area contributed by atoms with Crippen molar-refractivity contribution in [3.05, 3.63) is 40.9 Å². The van der Waals surface area contributed by atoms with Crippen molar-refractivity contribution < 1.29 is 14.7 Å². The SMILES string of the molecule is CC(C)c1csc(NC(=O)Nc2cccc(CCC(=O)O)c2)n1. The van der Waals surface area contributed by atoms with E-state index in [1.807, 2.05) is 25.3 Å². The van der Waals surface area contributed by atoms with Gasteiger partial charge in [-0.05, 0) is 30.0 Å². The lowest BCUT2D eigenvalue weighted by atomic mass is 10.1. The van der Waals surface area contributed by atoms with Gasteiger partial charge in [-0.2, -0.15) is 0 Å². The van der Waals surface area contributed by atoms with Gasteiger partial charge in [-0.25, -0.2) is 9.78 Å². The minimum Gasteiger partial charge on any atom is -0.481 e. The molecule has 1 aromatic heterocycles. The molecule has 23 heavy (non-hydrogen) atoms. The number of hydrogen-bond acceptors (Lipinski definition) is 4. The summed E-state index contributed by atoms with van der Waals surface area (Å²) in [6.07, 6.45) is 0.490. The van der Waals surface area contributed by atoms with Crippen molar-refractivity contribution >= 4 is 34.2 Å². The zero-order valence-electron chi connectivity index (χ0n) is 13.0. The fourth-order valence-corrected chi connectivity index (χ4v) is 2.79. The molecule has 0 aliphatic carbocycles. The molecule has 2 aromatic rings. The molecule has 122 valence electrons. The average molecular weight is 333 g/mol. The second-order valence-electron chi connectivity index (χ2n) is 5.41. The van der Waals surface area contributed by atoms with Crippen LogP contribution >= 0.6 is 11.3 Å². The normalized spacial score (nSPS) is 10.6. The van der Waals surface area contributed by atoms with Gasteiger partial charge in [-0.3, -0.25) is 10.1 Å². The largest absolute Gasteiger partial charge is 0.481 e. The molecule has 0 aliphatic heterocycles. The maximum absolute atomic E-state index is 12.0. The zero-order valence-corrected chi connectivity index (χ0v) is 13.8. The minimum atomic E-state index is -0.842. The number of hydrogen-bond donors (Lipinski definition) is 3. The molecule has 1 heterocycles. The highest BCUT2D eigenvalue weighted by Crippen LogP contribution is 2.21. The molecule has 0 aliphatic rings. The Labute approximate surface area is 138 Å². The van der Waals surface area contributed by atoms with Gasteiger partial charge in [-0.15, -0.1) is 11.3 Å². The van der Waals surface area contributed by atoms with E-state index in [4.69, 9.17) is 5.11 Å². The molecule has 0 radical (unpaired) electrons. The van der Waals surface area contributed by atoms with E-state index < -0.39 is 5.97 Å². The lowest BCUT2D eigenvalue weighted by Crippen LogP contribution is -2.19. The zero-order chi connectivity index (χ0) is 16.8. The summed E-state index contributed by atoms with van der Waals surface area (Å²) < 4.78 is 0. The Kier molecular flexibility index (Phi) is 5.70. The van der Waals surface area contributed by atoms with Crippen LogP contribution in [-0.4, -0.2) is 22.1 Å². The number of aromatic nitrogens is 1. The summed E-state index contributed by atoms with van der Waals surface area (Å²) in [5.74, 6) is -0.526. The van der Waals surface area contributed by atoms with Crippen LogP contribution in [0.5, 0.6) is 0 Å². The fourth-order valence-electron chi connectivity index (χ4n) is 1.92. The number of carbonyl (C=O) groups excluding carboxylic acids is 1. The molecular formula is C16H19N3O3S. The molecule has 1 aromatic carbocycles. The van der Waals surface area contributed by atoms with E-state index in [0.717, 1.165) is 11.3 Å². The molecule has 7 heteroatoms. The van der Waals surface area contributed by atoms with Crippen molar-refractivity contribution in [2.45, 2.75) is 32.6 Å². The van der Waals surface area contributed by atoms with E-state index in [9.17, 15) is 9.59 Å². The predicted octanol–water partition coefficient (Wildman–Crippen LogP) is 3.93. The number of benzene rings is 1. The maximum atomic E-state index is 12.0. The van der Waals surface area contributed by atoms with Gasteiger partial charge < -0.3 is 10.4 Å². The van der Waals surface area contributed by atoms with Gasteiger partial charge in [0.25, 0.3) is 0 Å². The molecule has 0 bridgehead atoms. The quantitative estimate of drug-likeness (QED) is 0.747. The highest BCUT2D eigenvalue weighted by Gasteiger charge is 2.09. The molecule has 0 spiro atoms. The van der Waals surface area contributed by atoms with Crippen molar-refractivity contribution in [2.75, 3.05) is 10.6 Å². The number of thiazole rings is 1. The smallest absolute Gasteiger partial charge is 0.325 e. The third-order valence-corrected chi connectivity index (χ3v) is 3.92. The van der Waals surface area contributed by atoms with Crippen LogP contribution in [0.15, 0.2) is 29.6 Å². The molecular weight excluding hydrogens is 314 g/mol. The van der Waals surface area contributed by atoms with Crippen LogP contribution in [0.4, 0.5) is 15.6 Å². The Morgan fingerprint density at radius 2 is 2.09 bits per heavy atom. The highest BCUT2D eigenvalue weighted by molar-refractivity contribution is 7.13. The van der Waals surface area contributed by atoms with Gasteiger partial charge in [0.15, 0.2) is 5.13 Å². The van der Waals surface area contributed by atoms with Gasteiger partial charge in [0, 0.05) is 17.5 Å². The van der Waals surface area contributed by atoms with E-state index >= 15 is 0 Å². The van der Waals surface area contributed by atoms with Crippen molar-refractivity contribution in [2.24, 2.45) is 0 Å². The van der Waals surface area contributed by atoms with E-state index in [0.29, 0.717) is 23.2 Å². The first kappa shape index (κ1) is 17.0. The Bertz CT molecular complexity index is 697. The van der Waals surface area contributed by atoms with E-state index in [1.54, 1.807) is 18.2 Å².